The smallest absolute Gasteiger partial charge is 0.257 e. The lowest BCUT2D eigenvalue weighted by atomic mass is 10.0. The minimum Gasteiger partial charge on any atom is -0.360 e. The Bertz CT molecular complexity index is 1090. The highest BCUT2D eigenvalue weighted by molar-refractivity contribution is 6.33. The molecule has 0 aliphatic carbocycles. The number of carbonyl (C=O) groups excluding carboxylic acids is 2. The van der Waals surface area contributed by atoms with Gasteiger partial charge in [-0.3, -0.25) is 9.59 Å². The summed E-state index contributed by atoms with van der Waals surface area (Å²) in [5.41, 5.74) is 0.626. The van der Waals surface area contributed by atoms with Gasteiger partial charge in [0.05, 0.1) is 10.6 Å². The number of benzene rings is 2. The van der Waals surface area contributed by atoms with Crippen LogP contribution in [0, 0.1) is 25.5 Å². The molecule has 156 valence electrons. The predicted octanol–water partition coefficient (Wildman–Crippen LogP) is 4.05. The molecule has 3 aromatic rings. The molecule has 2 amide bonds. The SMILES string of the molecule is Cc1ccc(C(=O)NCCNC(=O)c2c(-c3c(F)cccc3Cl)noc2C)cc1F. The molecule has 6 nitrogen and oxygen atoms in total. The van der Waals surface area contributed by atoms with Crippen LogP contribution in [0.4, 0.5) is 8.78 Å². The van der Waals surface area contributed by atoms with Gasteiger partial charge in [0.1, 0.15) is 28.7 Å². The third kappa shape index (κ3) is 4.49. The van der Waals surface area contributed by atoms with Crippen molar-refractivity contribution in [3.05, 3.63) is 75.5 Å². The Morgan fingerprint density at radius 3 is 2.40 bits per heavy atom. The molecule has 30 heavy (non-hydrogen) atoms. The van der Waals surface area contributed by atoms with Crippen molar-refractivity contribution in [1.82, 2.24) is 15.8 Å². The highest BCUT2D eigenvalue weighted by atomic mass is 35.5. The molecule has 0 saturated heterocycles. The van der Waals surface area contributed by atoms with Crippen molar-refractivity contribution in [1.29, 1.82) is 0 Å². The maximum Gasteiger partial charge on any atom is 0.257 e. The van der Waals surface area contributed by atoms with Crippen molar-refractivity contribution in [2.75, 3.05) is 13.1 Å². The van der Waals surface area contributed by atoms with Gasteiger partial charge in [0.15, 0.2) is 0 Å². The van der Waals surface area contributed by atoms with Crippen molar-refractivity contribution in [3.63, 3.8) is 0 Å². The van der Waals surface area contributed by atoms with Gasteiger partial charge >= 0.3 is 0 Å². The van der Waals surface area contributed by atoms with Gasteiger partial charge in [-0.15, -0.1) is 0 Å². The zero-order chi connectivity index (χ0) is 21.8. The van der Waals surface area contributed by atoms with Crippen LogP contribution in [0.15, 0.2) is 40.9 Å². The van der Waals surface area contributed by atoms with Crippen molar-refractivity contribution < 1.29 is 22.9 Å². The number of halogens is 3. The maximum atomic E-state index is 14.2. The standard InChI is InChI=1S/C21H18ClF2N3O3/c1-11-6-7-13(10-16(11)24)20(28)25-8-9-26-21(29)17-12(2)30-27-19(17)18-14(22)4-3-5-15(18)23/h3-7,10H,8-9H2,1-2H3,(H,25,28)(H,26,29). The Kier molecular flexibility index (Phi) is 6.47. The number of amides is 2. The van der Waals surface area contributed by atoms with Gasteiger partial charge in [-0.05, 0) is 43.7 Å². The van der Waals surface area contributed by atoms with Crippen molar-refractivity contribution in [2.45, 2.75) is 13.8 Å². The summed E-state index contributed by atoms with van der Waals surface area (Å²) in [5.74, 6) is -1.94. The number of nitrogens with zero attached hydrogens (tertiary/aromatic N) is 1. The van der Waals surface area contributed by atoms with E-state index in [1.807, 2.05) is 0 Å². The zero-order valence-corrected chi connectivity index (χ0v) is 16.9. The van der Waals surface area contributed by atoms with E-state index in [4.69, 9.17) is 16.1 Å². The second-order valence-electron chi connectivity index (χ2n) is 6.53. The first-order chi connectivity index (χ1) is 14.3. The van der Waals surface area contributed by atoms with Crippen LogP contribution in [-0.4, -0.2) is 30.1 Å². The van der Waals surface area contributed by atoms with E-state index in [0.717, 1.165) is 6.07 Å². The third-order valence-corrected chi connectivity index (χ3v) is 4.73. The molecule has 0 fully saturated rings. The van der Waals surface area contributed by atoms with E-state index in [9.17, 15) is 18.4 Å². The summed E-state index contributed by atoms with van der Waals surface area (Å²) in [4.78, 5) is 24.7. The topological polar surface area (TPSA) is 84.2 Å². The minimum atomic E-state index is -0.637. The Morgan fingerprint density at radius 1 is 1.03 bits per heavy atom. The molecule has 0 radical (unpaired) electrons. The van der Waals surface area contributed by atoms with E-state index in [1.165, 1.54) is 37.3 Å². The fraction of sp³-hybridized carbons (Fsp3) is 0.190. The Hall–Kier alpha value is -3.26. The molecule has 0 aliphatic rings. The summed E-state index contributed by atoms with van der Waals surface area (Å²) in [6.45, 7) is 3.30. The van der Waals surface area contributed by atoms with Crippen LogP contribution in [0.1, 0.15) is 32.0 Å². The first kappa shape index (κ1) is 21.4. The summed E-state index contributed by atoms with van der Waals surface area (Å²) >= 11 is 6.06. The predicted molar refractivity (Wildman–Crippen MR) is 107 cm³/mol. The maximum absolute atomic E-state index is 14.2. The molecule has 2 N–H and O–H groups in total. The number of carbonyl (C=O) groups is 2. The van der Waals surface area contributed by atoms with Gasteiger partial charge in [0, 0.05) is 18.7 Å². The van der Waals surface area contributed by atoms with Crippen LogP contribution in [0.2, 0.25) is 5.02 Å². The molecule has 1 aromatic heterocycles. The van der Waals surface area contributed by atoms with Crippen LogP contribution < -0.4 is 10.6 Å². The highest BCUT2D eigenvalue weighted by Gasteiger charge is 2.25. The first-order valence-electron chi connectivity index (χ1n) is 9.02. The van der Waals surface area contributed by atoms with Gasteiger partial charge in [0.2, 0.25) is 0 Å². The van der Waals surface area contributed by atoms with E-state index in [1.54, 1.807) is 6.92 Å². The Labute approximate surface area is 176 Å². The second kappa shape index (κ2) is 9.04. The molecule has 1 heterocycles. The van der Waals surface area contributed by atoms with Crippen LogP contribution in [0.5, 0.6) is 0 Å². The minimum absolute atomic E-state index is 0.00716. The monoisotopic (exact) mass is 433 g/mol. The number of hydrogen-bond donors (Lipinski definition) is 2. The van der Waals surface area contributed by atoms with Crippen LogP contribution >= 0.6 is 11.6 Å². The molecule has 0 saturated carbocycles. The lowest BCUT2D eigenvalue weighted by Crippen LogP contribution is -2.35. The number of aromatic nitrogens is 1. The first-order valence-corrected chi connectivity index (χ1v) is 9.40. The van der Waals surface area contributed by atoms with Crippen LogP contribution in [-0.2, 0) is 0 Å². The van der Waals surface area contributed by atoms with Crippen molar-refractivity contribution >= 4 is 23.4 Å². The summed E-state index contributed by atoms with van der Waals surface area (Å²) in [5, 5.41) is 9.06. The molecule has 9 heteroatoms. The fourth-order valence-corrected chi connectivity index (χ4v) is 3.06. The normalized spacial score (nSPS) is 10.7. The number of hydrogen-bond acceptors (Lipinski definition) is 4. The van der Waals surface area contributed by atoms with E-state index in [2.05, 4.69) is 15.8 Å². The molecule has 0 spiro atoms. The van der Waals surface area contributed by atoms with E-state index < -0.39 is 23.4 Å². The molecule has 0 atom stereocenters. The molecule has 0 aliphatic heterocycles. The number of aryl methyl sites for hydroxylation is 2. The molecule has 2 aromatic carbocycles. The summed E-state index contributed by atoms with van der Waals surface area (Å²) < 4.78 is 32.9. The Balaban J connectivity index is 1.64. The highest BCUT2D eigenvalue weighted by Crippen LogP contribution is 2.33. The van der Waals surface area contributed by atoms with Gasteiger partial charge in [-0.25, -0.2) is 8.78 Å². The molecular formula is C21H18ClF2N3O3. The largest absolute Gasteiger partial charge is 0.360 e. The summed E-state index contributed by atoms with van der Waals surface area (Å²) in [6, 6.07) is 8.30. The van der Waals surface area contributed by atoms with Crippen LogP contribution in [0.3, 0.4) is 0 Å². The van der Waals surface area contributed by atoms with E-state index in [0.29, 0.717) is 5.56 Å². The molecular weight excluding hydrogens is 416 g/mol. The third-order valence-electron chi connectivity index (χ3n) is 4.42. The molecule has 0 bridgehead atoms. The van der Waals surface area contributed by atoms with Crippen molar-refractivity contribution in [2.24, 2.45) is 0 Å². The average Bonchev–Trinajstić information content (AvgIpc) is 3.08. The van der Waals surface area contributed by atoms with Gasteiger partial charge in [0.25, 0.3) is 11.8 Å². The quantitative estimate of drug-likeness (QED) is 0.574. The van der Waals surface area contributed by atoms with Gasteiger partial charge in [-0.1, -0.05) is 28.9 Å². The summed E-state index contributed by atoms with van der Waals surface area (Å²) in [7, 11) is 0. The lowest BCUT2D eigenvalue weighted by molar-refractivity contribution is 0.0927. The van der Waals surface area contributed by atoms with Gasteiger partial charge < -0.3 is 15.2 Å². The fourth-order valence-electron chi connectivity index (χ4n) is 2.81. The van der Waals surface area contributed by atoms with E-state index in [-0.39, 0.29) is 46.3 Å². The Morgan fingerprint density at radius 2 is 1.73 bits per heavy atom. The lowest BCUT2D eigenvalue weighted by Gasteiger charge is -2.09. The second-order valence-corrected chi connectivity index (χ2v) is 6.94. The average molecular weight is 434 g/mol. The van der Waals surface area contributed by atoms with Crippen LogP contribution in [0.25, 0.3) is 11.3 Å². The number of nitrogens with one attached hydrogen (secondary N) is 2. The molecule has 0 unspecified atom stereocenters. The van der Waals surface area contributed by atoms with Crippen molar-refractivity contribution in [3.8, 4) is 11.3 Å². The zero-order valence-electron chi connectivity index (χ0n) is 16.2. The van der Waals surface area contributed by atoms with E-state index >= 15 is 0 Å². The molecule has 3 rings (SSSR count). The number of rotatable bonds is 6. The summed E-state index contributed by atoms with van der Waals surface area (Å²) in [6.07, 6.45) is 0. The van der Waals surface area contributed by atoms with Gasteiger partial charge in [-0.2, -0.15) is 0 Å².